The minimum absolute atomic E-state index is 0.109. The van der Waals surface area contributed by atoms with Crippen LogP contribution in [0.5, 0.6) is 11.8 Å². The van der Waals surface area contributed by atoms with E-state index in [2.05, 4.69) is 10.2 Å². The predicted molar refractivity (Wildman–Crippen MR) is 118 cm³/mol. The van der Waals surface area contributed by atoms with E-state index in [1.165, 1.54) is 11.3 Å². The Balaban J connectivity index is 1.32. The molecule has 5 rings (SSSR count). The van der Waals surface area contributed by atoms with Crippen LogP contribution < -0.4 is 20.7 Å². The Kier molecular flexibility index (Phi) is 5.20. The summed E-state index contributed by atoms with van der Waals surface area (Å²) in [5.41, 5.74) is 3.11. The van der Waals surface area contributed by atoms with Crippen LogP contribution in [0, 0.1) is 0 Å². The molecule has 0 atom stereocenters. The molecule has 2 aliphatic heterocycles. The number of nitrogens with one attached hydrogen (secondary N) is 1. The minimum atomic E-state index is -0.794. The summed E-state index contributed by atoms with van der Waals surface area (Å²) in [6.07, 6.45) is 3.60. The standard InChI is InChI=1S/C23H23N3O7/c27-17-5-6-18(28)26(17)33-19(29)7-8-24-22(30)16-12-14-11-13-3-1-9-25-10-2-4-15(20(13)25)21(14)32-23(16)31/h5-6,11-12,27-28H,1-4,7-10H2,(H,24,30). The Morgan fingerprint density at radius 1 is 1.09 bits per heavy atom. The molecule has 33 heavy (non-hydrogen) atoms. The molecule has 0 spiro atoms. The summed E-state index contributed by atoms with van der Waals surface area (Å²) in [5, 5.41) is 22.2. The molecule has 10 heteroatoms. The van der Waals surface area contributed by atoms with E-state index >= 15 is 0 Å². The summed E-state index contributed by atoms with van der Waals surface area (Å²) in [6.45, 7) is 1.90. The van der Waals surface area contributed by atoms with Gasteiger partial charge in [-0.15, -0.1) is 4.73 Å². The largest absolute Gasteiger partial charge is 0.492 e. The van der Waals surface area contributed by atoms with Gasteiger partial charge in [0, 0.05) is 48.4 Å². The van der Waals surface area contributed by atoms with Crippen LogP contribution >= 0.6 is 0 Å². The highest BCUT2D eigenvalue weighted by Gasteiger charge is 2.27. The number of rotatable bonds is 5. The summed E-state index contributed by atoms with van der Waals surface area (Å²) >= 11 is 0. The Bertz CT molecular complexity index is 1300. The lowest BCUT2D eigenvalue weighted by Crippen LogP contribution is -2.35. The van der Waals surface area contributed by atoms with Crippen molar-refractivity contribution in [1.82, 2.24) is 10.0 Å². The lowest BCUT2D eigenvalue weighted by molar-refractivity contribution is -0.145. The van der Waals surface area contributed by atoms with E-state index in [9.17, 15) is 24.6 Å². The van der Waals surface area contributed by atoms with Crippen LogP contribution in [0.25, 0.3) is 11.0 Å². The first kappa shape index (κ1) is 20.9. The number of anilines is 1. The number of hydrogen-bond donors (Lipinski definition) is 3. The molecule has 0 fully saturated rings. The number of hydrogen-bond acceptors (Lipinski definition) is 8. The number of nitrogens with zero attached hydrogens (tertiary/aromatic N) is 2. The van der Waals surface area contributed by atoms with Gasteiger partial charge < -0.3 is 29.7 Å². The van der Waals surface area contributed by atoms with Crippen molar-refractivity contribution < 1.29 is 29.1 Å². The third-order valence-corrected chi connectivity index (χ3v) is 6.07. The lowest BCUT2D eigenvalue weighted by atomic mass is 9.90. The Morgan fingerprint density at radius 3 is 2.58 bits per heavy atom. The summed E-state index contributed by atoms with van der Waals surface area (Å²) in [4.78, 5) is 44.3. The SMILES string of the molecule is O=C(CCNC(=O)c1cc2cc3c4c(c2oc1=O)CCCN4CCC3)On1c(O)ccc1O. The van der Waals surface area contributed by atoms with Crippen LogP contribution in [0.1, 0.15) is 40.7 Å². The maximum Gasteiger partial charge on any atom is 0.349 e. The van der Waals surface area contributed by atoms with Gasteiger partial charge in [-0.2, -0.15) is 0 Å². The number of carbonyl (C=O) groups is 2. The predicted octanol–water partition coefficient (Wildman–Crippen LogP) is 1.48. The van der Waals surface area contributed by atoms with Crippen molar-refractivity contribution in [2.45, 2.75) is 32.1 Å². The second-order valence-corrected chi connectivity index (χ2v) is 8.24. The molecule has 10 nitrogen and oxygen atoms in total. The first-order valence-corrected chi connectivity index (χ1v) is 10.9. The van der Waals surface area contributed by atoms with Gasteiger partial charge in [0.1, 0.15) is 11.1 Å². The maximum absolute atomic E-state index is 12.6. The number of benzene rings is 1. The minimum Gasteiger partial charge on any atom is -0.492 e. The zero-order valence-electron chi connectivity index (χ0n) is 17.8. The number of fused-ring (bicyclic) bond motifs is 2. The van der Waals surface area contributed by atoms with Crippen molar-refractivity contribution in [3.8, 4) is 11.8 Å². The molecular weight excluding hydrogens is 430 g/mol. The molecule has 0 unspecified atom stereocenters. The number of aromatic hydroxyl groups is 2. The fraction of sp³-hybridized carbons (Fsp3) is 0.348. The Hall–Kier alpha value is -3.95. The molecule has 3 aromatic rings. The van der Waals surface area contributed by atoms with Gasteiger partial charge in [-0.3, -0.25) is 4.79 Å². The zero-order valence-corrected chi connectivity index (χ0v) is 17.8. The first-order valence-electron chi connectivity index (χ1n) is 10.9. The summed E-state index contributed by atoms with van der Waals surface area (Å²) in [6, 6.07) is 5.87. The van der Waals surface area contributed by atoms with Crippen LogP contribution in [0.4, 0.5) is 5.69 Å². The third kappa shape index (κ3) is 3.77. The second-order valence-electron chi connectivity index (χ2n) is 8.24. The highest BCUT2D eigenvalue weighted by atomic mass is 16.7. The molecule has 0 saturated heterocycles. The average molecular weight is 453 g/mol. The maximum atomic E-state index is 12.6. The molecule has 0 bridgehead atoms. The molecule has 172 valence electrons. The molecule has 0 aliphatic carbocycles. The Labute approximate surface area is 187 Å². The van der Waals surface area contributed by atoms with Crippen LogP contribution in [-0.4, -0.2) is 46.5 Å². The summed E-state index contributed by atoms with van der Waals surface area (Å²) in [7, 11) is 0. The van der Waals surface area contributed by atoms with E-state index < -0.39 is 29.3 Å². The van der Waals surface area contributed by atoms with E-state index in [0.717, 1.165) is 61.9 Å². The van der Waals surface area contributed by atoms with Gasteiger partial charge in [-0.25, -0.2) is 9.59 Å². The number of aryl methyl sites for hydroxylation is 2. The first-order chi connectivity index (χ1) is 15.9. The van der Waals surface area contributed by atoms with Crippen molar-refractivity contribution in [1.29, 1.82) is 0 Å². The highest BCUT2D eigenvalue weighted by molar-refractivity contribution is 5.98. The lowest BCUT2D eigenvalue weighted by Gasteiger charge is -2.37. The molecule has 2 aromatic heterocycles. The topological polar surface area (TPSA) is 134 Å². The van der Waals surface area contributed by atoms with E-state index in [1.54, 1.807) is 6.07 Å². The average Bonchev–Trinajstić information content (AvgIpc) is 3.11. The van der Waals surface area contributed by atoms with Crippen molar-refractivity contribution >= 4 is 28.5 Å². The van der Waals surface area contributed by atoms with Crippen LogP contribution in [0.3, 0.4) is 0 Å². The van der Waals surface area contributed by atoms with Crippen molar-refractivity contribution in [3.05, 3.63) is 51.4 Å². The summed E-state index contributed by atoms with van der Waals surface area (Å²) in [5.74, 6) is -2.33. The van der Waals surface area contributed by atoms with E-state index in [4.69, 9.17) is 9.25 Å². The van der Waals surface area contributed by atoms with E-state index in [-0.39, 0.29) is 18.5 Å². The Morgan fingerprint density at radius 2 is 1.82 bits per heavy atom. The smallest absolute Gasteiger partial charge is 0.349 e. The van der Waals surface area contributed by atoms with E-state index in [1.807, 2.05) is 6.07 Å². The number of amides is 1. The van der Waals surface area contributed by atoms with Crippen molar-refractivity contribution in [3.63, 3.8) is 0 Å². The quantitative estimate of drug-likeness (QED) is 0.495. The molecule has 3 N–H and O–H groups in total. The highest BCUT2D eigenvalue weighted by Crippen LogP contribution is 2.39. The van der Waals surface area contributed by atoms with Crippen molar-refractivity contribution in [2.75, 3.05) is 24.5 Å². The number of carbonyl (C=O) groups excluding carboxylic acids is 2. The van der Waals surface area contributed by atoms with E-state index in [0.29, 0.717) is 10.3 Å². The molecule has 0 radical (unpaired) electrons. The summed E-state index contributed by atoms with van der Waals surface area (Å²) < 4.78 is 6.18. The van der Waals surface area contributed by atoms with Gasteiger partial charge in [-0.1, -0.05) is 0 Å². The molecule has 4 heterocycles. The third-order valence-electron chi connectivity index (χ3n) is 6.07. The molecule has 0 saturated carbocycles. The van der Waals surface area contributed by atoms with Crippen LogP contribution in [0.2, 0.25) is 0 Å². The van der Waals surface area contributed by atoms with Crippen LogP contribution in [0.15, 0.2) is 33.5 Å². The van der Waals surface area contributed by atoms with Gasteiger partial charge in [0.05, 0.1) is 6.42 Å². The normalized spacial score (nSPS) is 14.7. The van der Waals surface area contributed by atoms with Gasteiger partial charge in [0.2, 0.25) is 11.8 Å². The zero-order chi connectivity index (χ0) is 23.1. The fourth-order valence-electron chi connectivity index (χ4n) is 4.62. The van der Waals surface area contributed by atoms with Crippen LogP contribution in [-0.2, 0) is 17.6 Å². The van der Waals surface area contributed by atoms with Gasteiger partial charge in [-0.05, 0) is 43.4 Å². The molecule has 1 aromatic carbocycles. The monoisotopic (exact) mass is 453 g/mol. The number of aromatic nitrogens is 1. The van der Waals surface area contributed by atoms with Crippen molar-refractivity contribution in [2.24, 2.45) is 0 Å². The fourth-order valence-corrected chi connectivity index (χ4v) is 4.62. The molecular formula is C23H23N3O7. The van der Waals surface area contributed by atoms with Gasteiger partial charge in [0.15, 0.2) is 0 Å². The van der Waals surface area contributed by atoms with Gasteiger partial charge >= 0.3 is 11.6 Å². The molecule has 2 aliphatic rings. The molecule has 1 amide bonds. The van der Waals surface area contributed by atoms with Gasteiger partial charge in [0.25, 0.3) is 5.91 Å². The second kappa shape index (κ2) is 8.19.